The number of benzene rings is 2. The minimum absolute atomic E-state index is 0.0454. The van der Waals surface area contributed by atoms with Crippen LogP contribution in [0.15, 0.2) is 36.4 Å². The fraction of sp³-hybridized carbons (Fsp3) is 0.639. The number of methoxy groups -OCH3 is 1. The lowest BCUT2D eigenvalue weighted by molar-refractivity contribution is -0.188. The number of hydrogen-bond donors (Lipinski definition) is 3. The molecule has 1 spiro atoms. The first-order valence-electron chi connectivity index (χ1n) is 16.6. The lowest BCUT2D eigenvalue weighted by Gasteiger charge is -2.62. The predicted octanol–water partition coefficient (Wildman–Crippen LogP) is 4.16. The molecule has 0 radical (unpaired) electrons. The van der Waals surface area contributed by atoms with Gasteiger partial charge in [-0.05, 0) is 101 Å². The standard InChI is InChI=1S/C20H23NO4.C16H25NO2/c22-13-4-3-12-9-15-20(24)6-5-14(23)18-19(20,16(12)17(13)25-18)7-8-21(15)10-11-1-2-11;1-17(2)12-14-7-4-5-10-16(14,18)13-8-6-9-15(11-13)19-3/h3-4,11,15,18,22,24H,1-2,5-10H2;6,8-9,11,14,18H,4-5,7,10,12H2,1-3H3/t15-,18+,19+,20-;14-,16+/m11/s1. The van der Waals surface area contributed by atoms with Crippen LogP contribution in [0.2, 0.25) is 0 Å². The minimum atomic E-state index is -0.940. The second-order valence-corrected chi connectivity index (χ2v) is 14.6. The lowest BCUT2D eigenvalue weighted by Crippen LogP contribution is -2.76. The number of carbonyl (C=O) groups is 1. The summed E-state index contributed by atoms with van der Waals surface area (Å²) in [7, 11) is 5.81. The number of carbonyl (C=O) groups excluding carboxylic acids is 1. The van der Waals surface area contributed by atoms with Crippen LogP contribution in [0.1, 0.15) is 74.5 Å². The molecule has 6 atom stereocenters. The topological polar surface area (TPSA) is 103 Å². The molecule has 2 bridgehead atoms. The molecule has 0 aromatic heterocycles. The summed E-state index contributed by atoms with van der Waals surface area (Å²) < 4.78 is 11.3. The Bertz CT molecular complexity index is 1430. The van der Waals surface area contributed by atoms with Crippen LogP contribution >= 0.6 is 0 Å². The third kappa shape index (κ3) is 4.58. The van der Waals surface area contributed by atoms with E-state index in [2.05, 4.69) is 23.9 Å². The molecule has 6 aliphatic rings. The van der Waals surface area contributed by atoms with Crippen molar-refractivity contribution in [1.82, 2.24) is 9.80 Å². The van der Waals surface area contributed by atoms with Gasteiger partial charge in [-0.1, -0.05) is 31.0 Å². The number of rotatable bonds is 6. The predicted molar refractivity (Wildman–Crippen MR) is 167 cm³/mol. The van der Waals surface area contributed by atoms with E-state index in [4.69, 9.17) is 9.47 Å². The normalized spacial score (nSPS) is 35.4. The zero-order chi connectivity index (χ0) is 30.9. The van der Waals surface area contributed by atoms with Crippen LogP contribution in [0.3, 0.4) is 0 Å². The van der Waals surface area contributed by atoms with Crippen LogP contribution in [0.25, 0.3) is 0 Å². The Balaban J connectivity index is 0.000000149. The van der Waals surface area contributed by atoms with Gasteiger partial charge in [0.1, 0.15) is 5.75 Å². The number of Topliss-reactive ketones (excluding diaryl/α,β-unsaturated/α-hetero) is 1. The van der Waals surface area contributed by atoms with E-state index in [1.165, 1.54) is 19.3 Å². The van der Waals surface area contributed by atoms with Gasteiger partial charge in [0.05, 0.1) is 23.7 Å². The highest BCUT2D eigenvalue weighted by Gasteiger charge is 2.73. The molecule has 0 amide bonds. The van der Waals surface area contributed by atoms with Crippen molar-refractivity contribution in [2.75, 3.05) is 40.8 Å². The maximum absolute atomic E-state index is 12.7. The van der Waals surface area contributed by atoms with E-state index < -0.39 is 22.7 Å². The van der Waals surface area contributed by atoms with Gasteiger partial charge < -0.3 is 29.7 Å². The number of nitrogens with zero attached hydrogens (tertiary/aromatic N) is 2. The highest BCUT2D eigenvalue weighted by Crippen LogP contribution is 2.65. The number of aromatic hydroxyl groups is 1. The van der Waals surface area contributed by atoms with Crippen LogP contribution in [-0.2, 0) is 22.2 Å². The molecule has 8 rings (SSSR count). The first-order valence-corrected chi connectivity index (χ1v) is 16.6. The molecule has 0 unspecified atom stereocenters. The summed E-state index contributed by atoms with van der Waals surface area (Å²) in [4.78, 5) is 17.4. The Hall–Kier alpha value is -2.65. The molecular formula is C36H48N2O6. The van der Waals surface area contributed by atoms with Crippen molar-refractivity contribution in [2.45, 2.75) is 93.0 Å². The number of ether oxygens (including phenoxy) is 2. The van der Waals surface area contributed by atoms with E-state index in [9.17, 15) is 20.1 Å². The van der Waals surface area contributed by atoms with Crippen molar-refractivity contribution in [3.63, 3.8) is 0 Å². The summed E-state index contributed by atoms with van der Waals surface area (Å²) in [5, 5.41) is 33.5. The molecule has 3 saturated carbocycles. The van der Waals surface area contributed by atoms with Crippen molar-refractivity contribution >= 4 is 5.78 Å². The van der Waals surface area contributed by atoms with Crippen molar-refractivity contribution in [3.05, 3.63) is 53.1 Å². The van der Waals surface area contributed by atoms with Crippen molar-refractivity contribution in [1.29, 1.82) is 0 Å². The van der Waals surface area contributed by atoms with Crippen LogP contribution in [0.5, 0.6) is 17.2 Å². The fourth-order valence-corrected chi connectivity index (χ4v) is 9.45. The zero-order valence-electron chi connectivity index (χ0n) is 26.4. The number of aliphatic hydroxyl groups is 2. The number of hydrogen-bond acceptors (Lipinski definition) is 8. The van der Waals surface area contributed by atoms with Gasteiger partial charge in [0.2, 0.25) is 0 Å². The summed E-state index contributed by atoms with van der Waals surface area (Å²) >= 11 is 0. The molecule has 2 heterocycles. The van der Waals surface area contributed by atoms with Gasteiger partial charge >= 0.3 is 0 Å². The molecule has 4 aliphatic carbocycles. The second kappa shape index (κ2) is 11.0. The molecule has 2 aromatic rings. The SMILES string of the molecule is COc1cccc([C@@]2(O)CCCC[C@@H]2CN(C)C)c1.O=C1CC[C@@]2(O)[C@H]3Cc4ccc(O)c5c4[C@@]2(CCN3CC2CC2)[C@H]1O5. The van der Waals surface area contributed by atoms with Gasteiger partial charge in [-0.2, -0.15) is 0 Å². The van der Waals surface area contributed by atoms with Crippen LogP contribution < -0.4 is 9.47 Å². The smallest absolute Gasteiger partial charge is 0.174 e. The number of piperidine rings is 1. The van der Waals surface area contributed by atoms with Gasteiger partial charge in [-0.3, -0.25) is 9.69 Å². The average molecular weight is 605 g/mol. The first-order chi connectivity index (χ1) is 21.1. The molecule has 2 aromatic carbocycles. The monoisotopic (exact) mass is 604 g/mol. The Morgan fingerprint density at radius 1 is 1.07 bits per heavy atom. The van der Waals surface area contributed by atoms with E-state index in [1.807, 2.05) is 30.3 Å². The Labute approximate surface area is 261 Å². The van der Waals surface area contributed by atoms with Gasteiger partial charge in [0.25, 0.3) is 0 Å². The molecular weight excluding hydrogens is 556 g/mol. The first kappa shape index (κ1) is 30.0. The van der Waals surface area contributed by atoms with Crippen molar-refractivity contribution in [3.8, 4) is 17.2 Å². The van der Waals surface area contributed by atoms with Gasteiger partial charge in [-0.25, -0.2) is 0 Å². The van der Waals surface area contributed by atoms with E-state index in [0.717, 1.165) is 80.1 Å². The van der Waals surface area contributed by atoms with Crippen LogP contribution in [0, 0.1) is 11.8 Å². The quantitative estimate of drug-likeness (QED) is 0.452. The van der Waals surface area contributed by atoms with E-state index in [0.29, 0.717) is 24.5 Å². The number of phenolic OH excluding ortho intramolecular Hbond substituents is 1. The number of likely N-dealkylation sites (tertiary alicyclic amines) is 1. The fourth-order valence-electron chi connectivity index (χ4n) is 9.45. The molecule has 1 saturated heterocycles. The number of phenols is 1. The Kier molecular flexibility index (Phi) is 7.51. The largest absolute Gasteiger partial charge is 0.504 e. The van der Waals surface area contributed by atoms with Crippen molar-refractivity contribution < 1.29 is 29.6 Å². The lowest BCUT2D eigenvalue weighted by atomic mass is 9.49. The number of ketones is 1. The summed E-state index contributed by atoms with van der Waals surface area (Å²) in [5.74, 6) is 2.50. The summed E-state index contributed by atoms with van der Waals surface area (Å²) in [6.07, 6.45) is 8.57. The highest BCUT2D eigenvalue weighted by molar-refractivity contribution is 5.90. The summed E-state index contributed by atoms with van der Waals surface area (Å²) in [6.45, 7) is 2.88. The maximum atomic E-state index is 12.7. The highest BCUT2D eigenvalue weighted by atomic mass is 16.5. The van der Waals surface area contributed by atoms with Gasteiger partial charge in [-0.15, -0.1) is 0 Å². The summed E-state index contributed by atoms with van der Waals surface area (Å²) in [6, 6.07) is 11.6. The third-order valence-electron chi connectivity index (χ3n) is 11.7. The second-order valence-electron chi connectivity index (χ2n) is 14.6. The molecule has 3 N–H and O–H groups in total. The minimum Gasteiger partial charge on any atom is -0.504 e. The molecule has 8 heteroatoms. The maximum Gasteiger partial charge on any atom is 0.174 e. The molecule has 4 fully saturated rings. The Morgan fingerprint density at radius 3 is 2.64 bits per heavy atom. The average Bonchev–Trinajstić information content (AvgIpc) is 3.75. The van der Waals surface area contributed by atoms with Crippen molar-refractivity contribution in [2.24, 2.45) is 11.8 Å². The van der Waals surface area contributed by atoms with Gasteiger partial charge in [0.15, 0.2) is 23.4 Å². The van der Waals surface area contributed by atoms with E-state index >= 15 is 0 Å². The van der Waals surface area contributed by atoms with Crippen LogP contribution in [-0.4, -0.2) is 89.5 Å². The van der Waals surface area contributed by atoms with E-state index in [-0.39, 0.29) is 17.6 Å². The van der Waals surface area contributed by atoms with E-state index in [1.54, 1.807) is 13.2 Å². The molecule has 44 heavy (non-hydrogen) atoms. The van der Waals surface area contributed by atoms with Crippen LogP contribution in [0.4, 0.5) is 0 Å². The Morgan fingerprint density at radius 2 is 1.89 bits per heavy atom. The van der Waals surface area contributed by atoms with Gasteiger partial charge in [0, 0.05) is 37.0 Å². The third-order valence-corrected chi connectivity index (χ3v) is 11.7. The molecule has 2 aliphatic heterocycles. The molecule has 238 valence electrons. The summed E-state index contributed by atoms with van der Waals surface area (Å²) in [5.41, 5.74) is 0.741. The molecule has 8 nitrogen and oxygen atoms in total. The zero-order valence-corrected chi connectivity index (χ0v) is 26.4.